The van der Waals surface area contributed by atoms with Crippen molar-refractivity contribution in [3.05, 3.63) is 11.6 Å². The van der Waals surface area contributed by atoms with Crippen LogP contribution in [0.1, 0.15) is 12.8 Å². The number of piperazine rings is 1. The Morgan fingerprint density at radius 2 is 2.10 bits per heavy atom. The fourth-order valence-corrected chi connectivity index (χ4v) is 4.59. The lowest BCUT2D eigenvalue weighted by Crippen LogP contribution is -2.49. The molecule has 3 heterocycles. The first-order valence-corrected chi connectivity index (χ1v) is 9.50. The molecule has 5 nitrogen and oxygen atoms in total. The van der Waals surface area contributed by atoms with Gasteiger partial charge in [-0.3, -0.25) is 4.79 Å². The summed E-state index contributed by atoms with van der Waals surface area (Å²) in [5.74, 6) is 0.944. The molecule has 0 aliphatic carbocycles. The summed E-state index contributed by atoms with van der Waals surface area (Å²) in [6.45, 7) is 5.64. The summed E-state index contributed by atoms with van der Waals surface area (Å²) >= 11 is 3.51. The predicted octanol–water partition coefficient (Wildman–Crippen LogP) is 1.28. The van der Waals surface area contributed by atoms with E-state index in [1.165, 1.54) is 12.8 Å². The van der Waals surface area contributed by atoms with Gasteiger partial charge in [0, 0.05) is 43.0 Å². The van der Waals surface area contributed by atoms with Crippen molar-refractivity contribution in [2.45, 2.75) is 18.1 Å². The van der Waals surface area contributed by atoms with Gasteiger partial charge < -0.3 is 15.1 Å². The van der Waals surface area contributed by atoms with E-state index in [-0.39, 0.29) is 0 Å². The highest BCUT2D eigenvalue weighted by molar-refractivity contribution is 8.00. The number of carbonyl (C=O) groups excluding carboxylic acids is 1. The van der Waals surface area contributed by atoms with Crippen LogP contribution in [0.5, 0.6) is 0 Å². The smallest absolute Gasteiger partial charge is 0.232 e. The van der Waals surface area contributed by atoms with Crippen molar-refractivity contribution in [1.82, 2.24) is 15.2 Å². The monoisotopic (exact) mass is 326 g/mol. The Labute approximate surface area is 134 Å². The van der Waals surface area contributed by atoms with E-state index in [9.17, 15) is 4.79 Å². The van der Waals surface area contributed by atoms with Crippen LogP contribution < -0.4 is 10.2 Å². The molecular weight excluding hydrogens is 304 g/mol. The second-order valence-electron chi connectivity index (χ2n) is 5.44. The minimum Gasteiger partial charge on any atom is -0.345 e. The molecule has 116 valence electrons. The van der Waals surface area contributed by atoms with Gasteiger partial charge in [-0.2, -0.15) is 0 Å². The maximum Gasteiger partial charge on any atom is 0.232 e. The topological polar surface area (TPSA) is 48.5 Å². The van der Waals surface area contributed by atoms with Gasteiger partial charge in [-0.15, -0.1) is 23.1 Å². The van der Waals surface area contributed by atoms with E-state index in [1.54, 1.807) is 11.3 Å². The van der Waals surface area contributed by atoms with Gasteiger partial charge in [0.2, 0.25) is 5.91 Å². The van der Waals surface area contributed by atoms with Crippen molar-refractivity contribution in [1.29, 1.82) is 0 Å². The number of piperidine rings is 1. The number of rotatable bonds is 4. The minimum atomic E-state index is 0.303. The van der Waals surface area contributed by atoms with Gasteiger partial charge in [-0.25, -0.2) is 4.98 Å². The van der Waals surface area contributed by atoms with Crippen LogP contribution in [-0.2, 0) is 4.79 Å². The lowest BCUT2D eigenvalue weighted by Gasteiger charge is -2.34. The molecule has 0 radical (unpaired) electrons. The Morgan fingerprint density at radius 1 is 1.33 bits per heavy atom. The Morgan fingerprint density at radius 3 is 2.76 bits per heavy atom. The van der Waals surface area contributed by atoms with Crippen molar-refractivity contribution in [2.24, 2.45) is 0 Å². The lowest BCUT2D eigenvalue weighted by molar-refractivity contribution is -0.128. The highest BCUT2D eigenvalue weighted by Crippen LogP contribution is 2.22. The molecule has 2 saturated heterocycles. The van der Waals surface area contributed by atoms with Gasteiger partial charge in [0.05, 0.1) is 5.75 Å². The normalized spacial score (nSPS) is 20.8. The second kappa shape index (κ2) is 7.47. The maximum atomic E-state index is 12.3. The quantitative estimate of drug-likeness (QED) is 0.903. The number of thioether (sulfide) groups is 1. The van der Waals surface area contributed by atoms with E-state index in [4.69, 9.17) is 0 Å². The van der Waals surface area contributed by atoms with E-state index in [2.05, 4.69) is 15.2 Å². The largest absolute Gasteiger partial charge is 0.345 e. The van der Waals surface area contributed by atoms with Gasteiger partial charge in [0.15, 0.2) is 5.13 Å². The predicted molar refractivity (Wildman–Crippen MR) is 89.3 cm³/mol. The number of amides is 1. The van der Waals surface area contributed by atoms with E-state index in [0.717, 1.165) is 44.4 Å². The summed E-state index contributed by atoms with van der Waals surface area (Å²) in [4.78, 5) is 20.9. The zero-order valence-electron chi connectivity index (χ0n) is 12.2. The van der Waals surface area contributed by atoms with Crippen molar-refractivity contribution < 1.29 is 4.79 Å². The number of nitrogens with zero attached hydrogens (tertiary/aromatic N) is 3. The summed E-state index contributed by atoms with van der Waals surface area (Å²) in [6.07, 6.45) is 4.22. The number of hydrogen-bond donors (Lipinski definition) is 1. The molecule has 1 aromatic heterocycles. The molecule has 0 atom stereocenters. The number of carbonyl (C=O) groups is 1. The van der Waals surface area contributed by atoms with Gasteiger partial charge in [0.1, 0.15) is 0 Å². The molecule has 3 rings (SSSR count). The molecule has 0 bridgehead atoms. The zero-order valence-corrected chi connectivity index (χ0v) is 13.8. The van der Waals surface area contributed by atoms with Crippen molar-refractivity contribution in [2.75, 3.05) is 49.9 Å². The zero-order chi connectivity index (χ0) is 14.5. The number of hydrogen-bond acceptors (Lipinski definition) is 6. The minimum absolute atomic E-state index is 0.303. The second-order valence-corrected chi connectivity index (χ2v) is 7.60. The van der Waals surface area contributed by atoms with Crippen molar-refractivity contribution >= 4 is 34.1 Å². The molecule has 0 unspecified atom stereocenters. The van der Waals surface area contributed by atoms with Crippen LogP contribution >= 0.6 is 23.1 Å². The molecule has 1 amide bonds. The van der Waals surface area contributed by atoms with Gasteiger partial charge >= 0.3 is 0 Å². The highest BCUT2D eigenvalue weighted by atomic mass is 32.2. The fourth-order valence-electron chi connectivity index (χ4n) is 2.76. The molecule has 0 saturated carbocycles. The SMILES string of the molecule is O=C(CSC1CCNCC1)N1CCN(c2nccs2)CC1. The van der Waals surface area contributed by atoms with Crippen LogP contribution in [0.4, 0.5) is 5.13 Å². The van der Waals surface area contributed by atoms with Crippen molar-refractivity contribution in [3.8, 4) is 0 Å². The summed E-state index contributed by atoms with van der Waals surface area (Å²) in [5, 5.41) is 7.10. The van der Waals surface area contributed by atoms with Gasteiger partial charge in [0.25, 0.3) is 0 Å². The van der Waals surface area contributed by atoms with Crippen molar-refractivity contribution in [3.63, 3.8) is 0 Å². The molecule has 0 aromatic carbocycles. The first-order valence-electron chi connectivity index (χ1n) is 7.57. The maximum absolute atomic E-state index is 12.3. The number of aromatic nitrogens is 1. The van der Waals surface area contributed by atoms with Gasteiger partial charge in [-0.05, 0) is 25.9 Å². The average Bonchev–Trinajstić information content (AvgIpc) is 3.08. The van der Waals surface area contributed by atoms with E-state index < -0.39 is 0 Å². The molecule has 21 heavy (non-hydrogen) atoms. The summed E-state index contributed by atoms with van der Waals surface area (Å²) in [6, 6.07) is 0. The highest BCUT2D eigenvalue weighted by Gasteiger charge is 2.23. The Bertz CT molecular complexity index is 440. The molecule has 0 spiro atoms. The number of anilines is 1. The van der Waals surface area contributed by atoms with E-state index >= 15 is 0 Å². The van der Waals surface area contributed by atoms with Gasteiger partial charge in [-0.1, -0.05) is 0 Å². The molecule has 1 N–H and O–H groups in total. The molecular formula is C14H22N4OS2. The molecule has 2 aliphatic heterocycles. The van der Waals surface area contributed by atoms with Crippen LogP contribution in [0.3, 0.4) is 0 Å². The van der Waals surface area contributed by atoms with Crippen LogP contribution in [0.15, 0.2) is 11.6 Å². The van der Waals surface area contributed by atoms with Crippen LogP contribution in [0.2, 0.25) is 0 Å². The standard InChI is InChI=1S/C14H22N4OS2/c19-13(11-21-12-1-3-15-4-2-12)17-6-8-18(9-7-17)14-16-5-10-20-14/h5,10,12,15H,1-4,6-9,11H2. The fraction of sp³-hybridized carbons (Fsp3) is 0.714. The number of thiazole rings is 1. The molecule has 1 aromatic rings. The molecule has 7 heteroatoms. The first-order chi connectivity index (χ1) is 10.3. The summed E-state index contributed by atoms with van der Waals surface area (Å²) in [5.41, 5.74) is 0. The van der Waals surface area contributed by atoms with E-state index in [0.29, 0.717) is 16.9 Å². The van der Waals surface area contributed by atoms with Crippen LogP contribution in [0, 0.1) is 0 Å². The third-order valence-corrected chi connectivity index (χ3v) is 6.24. The summed E-state index contributed by atoms with van der Waals surface area (Å²) < 4.78 is 0. The lowest BCUT2D eigenvalue weighted by atomic mass is 10.2. The third-order valence-electron chi connectivity index (χ3n) is 4.05. The Hall–Kier alpha value is -0.790. The van der Waals surface area contributed by atoms with Crippen LogP contribution in [0.25, 0.3) is 0 Å². The first kappa shape index (κ1) is 15.1. The summed E-state index contributed by atoms with van der Waals surface area (Å²) in [7, 11) is 0. The Balaban J connectivity index is 1.40. The average molecular weight is 326 g/mol. The molecule has 2 fully saturated rings. The Kier molecular flexibility index (Phi) is 5.38. The molecule has 2 aliphatic rings. The van der Waals surface area contributed by atoms with Crippen LogP contribution in [-0.4, -0.2) is 66.1 Å². The third kappa shape index (κ3) is 4.11. The van der Waals surface area contributed by atoms with E-state index in [1.807, 2.05) is 28.2 Å². The number of nitrogens with one attached hydrogen (secondary N) is 1.